The number of amides is 1. The van der Waals surface area contributed by atoms with Gasteiger partial charge >= 0.3 is 7.12 Å². The van der Waals surface area contributed by atoms with Crippen molar-refractivity contribution in [3.05, 3.63) is 0 Å². The Hall–Kier alpha value is -0.545. The minimum atomic E-state index is -0.259. The largest absolute Gasteiger partial charge is 0.457 e. The highest BCUT2D eigenvalue weighted by Crippen LogP contribution is 2.49. The molecule has 2 aliphatic rings. The molecule has 2 rings (SSSR count). The highest BCUT2D eigenvalue weighted by molar-refractivity contribution is 6.45. The fraction of sp³-hybridized carbons (Fsp3) is 0.952. The van der Waals surface area contributed by atoms with Crippen molar-refractivity contribution >= 4 is 13.0 Å². The Morgan fingerprint density at radius 1 is 1.15 bits per heavy atom. The van der Waals surface area contributed by atoms with Gasteiger partial charge in [-0.15, -0.1) is 0 Å². The van der Waals surface area contributed by atoms with Gasteiger partial charge in [-0.2, -0.15) is 0 Å². The molecular weight excluding hydrogens is 325 g/mol. The van der Waals surface area contributed by atoms with E-state index in [0.717, 1.165) is 44.8 Å². The number of carbonyl (C=O) groups excluding carboxylic acids is 1. The molecule has 0 radical (unpaired) electrons. The highest BCUT2D eigenvalue weighted by atomic mass is 16.7. The van der Waals surface area contributed by atoms with Gasteiger partial charge in [0.05, 0.1) is 16.6 Å². The van der Waals surface area contributed by atoms with E-state index in [1.165, 1.54) is 0 Å². The smallest absolute Gasteiger partial charge is 0.403 e. The van der Waals surface area contributed by atoms with Gasteiger partial charge in [-0.3, -0.25) is 4.79 Å². The molecule has 26 heavy (non-hydrogen) atoms. The van der Waals surface area contributed by atoms with Crippen LogP contribution in [-0.4, -0.2) is 29.8 Å². The molecule has 0 spiro atoms. The van der Waals surface area contributed by atoms with Crippen molar-refractivity contribution in [3.8, 4) is 0 Å². The third-order valence-corrected chi connectivity index (χ3v) is 6.82. The van der Waals surface area contributed by atoms with Gasteiger partial charge in [0, 0.05) is 5.54 Å². The van der Waals surface area contributed by atoms with Crippen molar-refractivity contribution in [1.29, 1.82) is 0 Å². The zero-order chi connectivity index (χ0) is 19.8. The average Bonchev–Trinajstić information content (AvgIpc) is 2.96. The highest BCUT2D eigenvalue weighted by Gasteiger charge is 2.51. The predicted octanol–water partition coefficient (Wildman–Crippen LogP) is 4.97. The van der Waals surface area contributed by atoms with E-state index in [0.29, 0.717) is 5.92 Å². The van der Waals surface area contributed by atoms with Crippen molar-refractivity contribution in [2.45, 2.75) is 117 Å². The lowest BCUT2D eigenvalue weighted by atomic mass is 9.71. The minimum Gasteiger partial charge on any atom is -0.403 e. The van der Waals surface area contributed by atoms with E-state index in [1.54, 1.807) is 0 Å². The van der Waals surface area contributed by atoms with Crippen LogP contribution in [0.1, 0.15) is 93.9 Å². The van der Waals surface area contributed by atoms with Gasteiger partial charge in [0.15, 0.2) is 0 Å². The fourth-order valence-electron chi connectivity index (χ4n) is 4.57. The summed E-state index contributed by atoms with van der Waals surface area (Å²) in [5.41, 5.74) is -0.881. The molecule has 1 N–H and O–H groups in total. The molecule has 1 saturated heterocycles. The second-order valence-electron chi connectivity index (χ2n) is 10.4. The molecule has 1 saturated carbocycles. The van der Waals surface area contributed by atoms with E-state index < -0.39 is 0 Å². The maximum atomic E-state index is 13.1. The summed E-state index contributed by atoms with van der Waals surface area (Å²) in [5.74, 6) is 0.725. The molecule has 2 fully saturated rings. The molecule has 0 aromatic heterocycles. The summed E-state index contributed by atoms with van der Waals surface area (Å²) in [6.07, 6.45) is 7.30. The van der Waals surface area contributed by atoms with Crippen LogP contribution < -0.4 is 5.32 Å². The quantitative estimate of drug-likeness (QED) is 0.676. The Morgan fingerprint density at radius 2 is 1.73 bits per heavy atom. The van der Waals surface area contributed by atoms with Gasteiger partial charge in [0.25, 0.3) is 0 Å². The lowest BCUT2D eigenvalue weighted by molar-refractivity contribution is -0.135. The minimum absolute atomic E-state index is 0.124. The summed E-state index contributed by atoms with van der Waals surface area (Å²) >= 11 is 0. The van der Waals surface area contributed by atoms with Crippen molar-refractivity contribution in [1.82, 2.24) is 5.32 Å². The fourth-order valence-corrected chi connectivity index (χ4v) is 4.57. The first-order chi connectivity index (χ1) is 11.8. The topological polar surface area (TPSA) is 47.6 Å². The monoisotopic (exact) mass is 365 g/mol. The molecule has 150 valence electrons. The number of hydrogen-bond acceptors (Lipinski definition) is 3. The van der Waals surface area contributed by atoms with Gasteiger partial charge < -0.3 is 14.6 Å². The third kappa shape index (κ3) is 4.47. The summed E-state index contributed by atoms with van der Waals surface area (Å²) in [6, 6.07) is 0. The molecule has 0 aromatic rings. The molecule has 1 aliphatic carbocycles. The van der Waals surface area contributed by atoms with Crippen molar-refractivity contribution < 1.29 is 14.1 Å². The van der Waals surface area contributed by atoms with Crippen LogP contribution in [0.2, 0.25) is 6.32 Å². The maximum Gasteiger partial charge on any atom is 0.457 e. The van der Waals surface area contributed by atoms with E-state index >= 15 is 0 Å². The van der Waals surface area contributed by atoms with Gasteiger partial charge in [0.1, 0.15) is 0 Å². The number of nitrogens with one attached hydrogen (secondary N) is 1. The van der Waals surface area contributed by atoms with E-state index in [4.69, 9.17) is 9.31 Å². The van der Waals surface area contributed by atoms with Crippen LogP contribution in [0, 0.1) is 11.3 Å². The first kappa shape index (κ1) is 21.8. The molecule has 0 aromatic carbocycles. The summed E-state index contributed by atoms with van der Waals surface area (Å²) in [6.45, 7) is 16.8. The number of hydrogen-bond donors (Lipinski definition) is 1. The van der Waals surface area contributed by atoms with Crippen molar-refractivity contribution in [2.75, 3.05) is 0 Å². The van der Waals surface area contributed by atoms with E-state index in [9.17, 15) is 4.79 Å². The van der Waals surface area contributed by atoms with Crippen LogP contribution in [0.15, 0.2) is 0 Å². The molecule has 1 aliphatic heterocycles. The van der Waals surface area contributed by atoms with E-state index in [2.05, 4.69) is 60.7 Å². The van der Waals surface area contributed by atoms with Gasteiger partial charge in [0.2, 0.25) is 5.91 Å². The first-order valence-corrected chi connectivity index (χ1v) is 10.5. The number of carbonyl (C=O) groups is 1. The summed E-state index contributed by atoms with van der Waals surface area (Å²) in [4.78, 5) is 13.1. The molecular formula is C21H40BNO3. The Bertz CT molecular complexity index is 496. The summed E-state index contributed by atoms with van der Waals surface area (Å²) in [5, 5.41) is 3.25. The Morgan fingerprint density at radius 3 is 2.23 bits per heavy atom. The Labute approximate surface area is 161 Å². The van der Waals surface area contributed by atoms with E-state index in [1.807, 2.05) is 0 Å². The van der Waals surface area contributed by atoms with Crippen molar-refractivity contribution in [3.63, 3.8) is 0 Å². The lowest BCUT2D eigenvalue weighted by Crippen LogP contribution is -2.50. The molecule has 1 heterocycles. The van der Waals surface area contributed by atoms with Crippen LogP contribution in [-0.2, 0) is 14.1 Å². The van der Waals surface area contributed by atoms with Gasteiger partial charge in [-0.25, -0.2) is 0 Å². The summed E-state index contributed by atoms with van der Waals surface area (Å²) in [7, 11) is -0.124. The molecule has 4 nitrogen and oxygen atoms in total. The van der Waals surface area contributed by atoms with Crippen LogP contribution in [0.3, 0.4) is 0 Å². The SMILES string of the molecule is CC[C@@]1(C(=O)NC(C)(C)C)CCC[C@@H]1CCCB1OC(C)(C)C(C)(C)O1. The first-order valence-electron chi connectivity index (χ1n) is 10.5. The Balaban J connectivity index is 1.93. The standard InChI is InChI=1S/C21H40BNO3/c1-9-21(17(24)23-18(2,3)4)14-10-12-16(21)13-11-15-22-25-19(5,6)20(7,8)26-22/h16H,9-15H2,1-8H3,(H,23,24)/t16-,21-/m1/s1. The van der Waals surface area contributed by atoms with Crippen LogP contribution >= 0.6 is 0 Å². The molecule has 1 amide bonds. The molecule has 5 heteroatoms. The normalized spacial score (nSPS) is 30.6. The zero-order valence-corrected chi connectivity index (χ0v) is 18.3. The third-order valence-electron chi connectivity index (χ3n) is 6.82. The van der Waals surface area contributed by atoms with Crippen molar-refractivity contribution in [2.24, 2.45) is 11.3 Å². The maximum absolute atomic E-state index is 13.1. The second kappa shape index (κ2) is 7.46. The summed E-state index contributed by atoms with van der Waals surface area (Å²) < 4.78 is 12.2. The average molecular weight is 365 g/mol. The lowest BCUT2D eigenvalue weighted by Gasteiger charge is -2.36. The number of rotatable bonds is 6. The Kier molecular flexibility index (Phi) is 6.24. The molecule has 0 bridgehead atoms. The van der Waals surface area contributed by atoms with Crippen LogP contribution in [0.5, 0.6) is 0 Å². The van der Waals surface area contributed by atoms with Crippen LogP contribution in [0.4, 0.5) is 0 Å². The van der Waals surface area contributed by atoms with Gasteiger partial charge in [-0.1, -0.05) is 19.8 Å². The predicted molar refractivity (Wildman–Crippen MR) is 108 cm³/mol. The molecule has 0 unspecified atom stereocenters. The zero-order valence-electron chi connectivity index (χ0n) is 18.3. The van der Waals surface area contributed by atoms with Gasteiger partial charge in [-0.05, 0) is 86.4 Å². The van der Waals surface area contributed by atoms with Crippen LogP contribution in [0.25, 0.3) is 0 Å². The van der Waals surface area contributed by atoms with E-state index in [-0.39, 0.29) is 35.2 Å². The second-order valence-corrected chi connectivity index (χ2v) is 10.4. The molecule has 2 atom stereocenters.